The van der Waals surface area contributed by atoms with Crippen LogP contribution >= 0.6 is 0 Å². The Kier molecular flexibility index (Phi) is 3.40. The maximum absolute atomic E-state index is 11.6. The minimum Gasteiger partial charge on any atom is -0.256 e. The Balaban J connectivity index is 2.12. The molecule has 2 heterocycles. The minimum atomic E-state index is -3.84. The second-order valence-corrected chi connectivity index (χ2v) is 6.16. The van der Waals surface area contributed by atoms with E-state index in [0.717, 1.165) is 16.5 Å². The molecule has 3 rings (SSSR count). The summed E-state index contributed by atoms with van der Waals surface area (Å²) in [6.07, 6.45) is 3.55. The van der Waals surface area contributed by atoms with Gasteiger partial charge in [0.1, 0.15) is 0 Å². The summed E-state index contributed by atoms with van der Waals surface area (Å²) in [5, 5.41) is 6.14. The van der Waals surface area contributed by atoms with Crippen molar-refractivity contribution in [3.63, 3.8) is 0 Å². The van der Waals surface area contributed by atoms with E-state index in [2.05, 4.69) is 9.97 Å². The molecule has 6 heteroatoms. The van der Waals surface area contributed by atoms with Crippen molar-refractivity contribution in [2.75, 3.05) is 0 Å². The van der Waals surface area contributed by atoms with Crippen LogP contribution in [0.15, 0.2) is 59.9 Å². The van der Waals surface area contributed by atoms with Gasteiger partial charge in [0.05, 0.1) is 5.52 Å². The highest BCUT2D eigenvalue weighted by Crippen LogP contribution is 2.21. The molecule has 0 unspecified atom stereocenters. The van der Waals surface area contributed by atoms with Gasteiger partial charge in [-0.1, -0.05) is 30.3 Å². The number of nitrogens with zero attached hydrogens (tertiary/aromatic N) is 2. The molecule has 5 nitrogen and oxygen atoms in total. The summed E-state index contributed by atoms with van der Waals surface area (Å²) < 4.78 is 23.2. The minimum absolute atomic E-state index is 0.0852. The zero-order valence-corrected chi connectivity index (χ0v) is 11.9. The third-order valence-electron chi connectivity index (χ3n) is 3.22. The second-order valence-electron chi connectivity index (χ2n) is 4.68. The number of hydrogen-bond acceptors (Lipinski definition) is 4. The largest absolute Gasteiger partial charge is 0.256 e. The van der Waals surface area contributed by atoms with Gasteiger partial charge in [0.2, 0.25) is 0 Å². The maximum atomic E-state index is 11.6. The Labute approximate surface area is 122 Å². The van der Waals surface area contributed by atoms with E-state index in [-0.39, 0.29) is 5.03 Å². The van der Waals surface area contributed by atoms with Crippen molar-refractivity contribution in [3.8, 4) is 0 Å². The molecule has 0 saturated carbocycles. The number of pyridine rings is 2. The molecule has 1 aromatic carbocycles. The first-order valence-corrected chi connectivity index (χ1v) is 7.89. The number of rotatable bonds is 3. The van der Waals surface area contributed by atoms with Gasteiger partial charge in [-0.15, -0.1) is 0 Å². The lowest BCUT2D eigenvalue weighted by atomic mass is 10.0. The fourth-order valence-corrected chi connectivity index (χ4v) is 3.04. The average Bonchev–Trinajstić information content (AvgIpc) is 2.47. The highest BCUT2D eigenvalue weighted by molar-refractivity contribution is 7.89. The molecule has 0 bridgehead atoms. The van der Waals surface area contributed by atoms with Gasteiger partial charge >= 0.3 is 0 Å². The molecular weight excluding hydrogens is 286 g/mol. The lowest BCUT2D eigenvalue weighted by Crippen LogP contribution is -2.16. The van der Waals surface area contributed by atoms with E-state index < -0.39 is 10.0 Å². The van der Waals surface area contributed by atoms with E-state index in [9.17, 15) is 8.42 Å². The van der Waals surface area contributed by atoms with Crippen LogP contribution in [0.2, 0.25) is 0 Å². The van der Waals surface area contributed by atoms with Gasteiger partial charge in [0, 0.05) is 24.2 Å². The Hall–Kier alpha value is -2.31. The van der Waals surface area contributed by atoms with E-state index in [1.165, 1.54) is 6.20 Å². The Morgan fingerprint density at radius 2 is 1.57 bits per heavy atom. The molecule has 0 aliphatic rings. The third-order valence-corrected chi connectivity index (χ3v) is 4.12. The van der Waals surface area contributed by atoms with Crippen LogP contribution in [0.1, 0.15) is 11.1 Å². The lowest BCUT2D eigenvalue weighted by Gasteiger charge is -2.08. The molecule has 0 atom stereocenters. The quantitative estimate of drug-likeness (QED) is 0.800. The van der Waals surface area contributed by atoms with E-state index in [1.807, 2.05) is 30.3 Å². The molecule has 3 aromatic rings. The van der Waals surface area contributed by atoms with Gasteiger partial charge in [0.25, 0.3) is 10.0 Å². The molecule has 0 fully saturated rings. The molecule has 0 amide bonds. The van der Waals surface area contributed by atoms with Crippen LogP contribution in [0, 0.1) is 0 Å². The Bertz CT molecular complexity index is 902. The SMILES string of the molecule is NS(=O)(=O)c1ncccc1Cc1cccc2cccnc12. The van der Waals surface area contributed by atoms with Crippen molar-refractivity contribution in [2.24, 2.45) is 5.14 Å². The molecule has 2 N–H and O–H groups in total. The van der Waals surface area contributed by atoms with Crippen LogP contribution in [-0.4, -0.2) is 18.4 Å². The van der Waals surface area contributed by atoms with E-state index in [4.69, 9.17) is 5.14 Å². The monoisotopic (exact) mass is 299 g/mol. The van der Waals surface area contributed by atoms with E-state index >= 15 is 0 Å². The molecule has 0 aliphatic carbocycles. The fourth-order valence-electron chi connectivity index (χ4n) is 2.33. The van der Waals surface area contributed by atoms with Crippen LogP contribution in [0.3, 0.4) is 0 Å². The first kappa shape index (κ1) is 13.7. The first-order valence-electron chi connectivity index (χ1n) is 6.35. The molecule has 0 saturated heterocycles. The number of sulfonamides is 1. The summed E-state index contributed by atoms with van der Waals surface area (Å²) in [6.45, 7) is 0. The van der Waals surface area contributed by atoms with Gasteiger partial charge in [-0.05, 0) is 23.3 Å². The maximum Gasteiger partial charge on any atom is 0.255 e. The predicted molar refractivity (Wildman–Crippen MR) is 80.2 cm³/mol. The summed E-state index contributed by atoms with van der Waals surface area (Å²) in [6, 6.07) is 13.1. The number of nitrogens with two attached hydrogens (primary N) is 1. The smallest absolute Gasteiger partial charge is 0.255 e. The fraction of sp³-hybridized carbons (Fsp3) is 0.0667. The van der Waals surface area contributed by atoms with Crippen molar-refractivity contribution < 1.29 is 8.42 Å². The molecule has 106 valence electrons. The lowest BCUT2D eigenvalue weighted by molar-refractivity contribution is 0.592. The van der Waals surface area contributed by atoms with Gasteiger partial charge < -0.3 is 0 Å². The molecule has 0 spiro atoms. The van der Waals surface area contributed by atoms with Gasteiger partial charge in [-0.3, -0.25) is 4.98 Å². The van der Waals surface area contributed by atoms with Crippen LogP contribution < -0.4 is 5.14 Å². The summed E-state index contributed by atoms with van der Waals surface area (Å²) in [7, 11) is -3.84. The summed E-state index contributed by atoms with van der Waals surface area (Å²) in [5.74, 6) is 0. The van der Waals surface area contributed by atoms with Crippen molar-refractivity contribution in [1.29, 1.82) is 0 Å². The van der Waals surface area contributed by atoms with Gasteiger partial charge in [-0.2, -0.15) is 0 Å². The number of benzene rings is 1. The average molecular weight is 299 g/mol. The number of fused-ring (bicyclic) bond motifs is 1. The van der Waals surface area contributed by atoms with Crippen molar-refractivity contribution in [1.82, 2.24) is 9.97 Å². The number of primary sulfonamides is 1. The highest BCUT2D eigenvalue weighted by Gasteiger charge is 2.16. The summed E-state index contributed by atoms with van der Waals surface area (Å²) in [4.78, 5) is 8.26. The first-order chi connectivity index (χ1) is 10.1. The van der Waals surface area contributed by atoms with Gasteiger partial charge in [-0.25, -0.2) is 18.5 Å². The standard InChI is InChI=1S/C15H13N3O2S/c16-21(19,20)15-13(7-3-9-18-15)10-12-5-1-4-11-6-2-8-17-14(11)12/h1-9H,10H2,(H2,16,19,20). The highest BCUT2D eigenvalue weighted by atomic mass is 32.2. The van der Waals surface area contributed by atoms with Crippen LogP contribution in [0.4, 0.5) is 0 Å². The van der Waals surface area contributed by atoms with Crippen molar-refractivity contribution in [3.05, 3.63) is 66.0 Å². The van der Waals surface area contributed by atoms with E-state index in [1.54, 1.807) is 18.3 Å². The van der Waals surface area contributed by atoms with Gasteiger partial charge in [0.15, 0.2) is 5.03 Å². The van der Waals surface area contributed by atoms with Crippen molar-refractivity contribution >= 4 is 20.9 Å². The molecular formula is C15H13N3O2S. The molecule has 0 radical (unpaired) electrons. The zero-order chi connectivity index (χ0) is 14.9. The molecule has 0 aliphatic heterocycles. The Morgan fingerprint density at radius 3 is 2.38 bits per heavy atom. The summed E-state index contributed by atoms with van der Waals surface area (Å²) in [5.41, 5.74) is 2.35. The van der Waals surface area contributed by atoms with Crippen LogP contribution in [-0.2, 0) is 16.4 Å². The number of para-hydroxylation sites is 1. The molecule has 21 heavy (non-hydrogen) atoms. The third kappa shape index (κ3) is 2.76. The normalized spacial score (nSPS) is 11.7. The zero-order valence-electron chi connectivity index (χ0n) is 11.1. The number of hydrogen-bond donors (Lipinski definition) is 1. The topological polar surface area (TPSA) is 85.9 Å². The summed E-state index contributed by atoms with van der Waals surface area (Å²) >= 11 is 0. The van der Waals surface area contributed by atoms with Crippen molar-refractivity contribution in [2.45, 2.75) is 11.4 Å². The van der Waals surface area contributed by atoms with E-state index in [0.29, 0.717) is 12.0 Å². The van der Waals surface area contributed by atoms with Crippen LogP contribution in [0.5, 0.6) is 0 Å². The second kappa shape index (κ2) is 5.23. The Morgan fingerprint density at radius 1 is 0.905 bits per heavy atom. The molecule has 2 aromatic heterocycles. The number of aromatic nitrogens is 2. The van der Waals surface area contributed by atoms with Crippen LogP contribution in [0.25, 0.3) is 10.9 Å². The predicted octanol–water partition coefficient (Wildman–Crippen LogP) is 1.87.